The maximum Gasteiger partial charge on any atom is 0.239 e. The monoisotopic (exact) mass is 165 g/mol. The minimum Gasteiger partial charge on any atom is -0.348 e. The summed E-state index contributed by atoms with van der Waals surface area (Å²) in [6, 6.07) is 0. The molecule has 4 nitrogen and oxygen atoms in total. The van der Waals surface area contributed by atoms with Crippen LogP contribution in [0.15, 0.2) is 0 Å². The molecule has 0 aliphatic heterocycles. The second kappa shape index (κ2) is 3.68. The zero-order valence-corrected chi connectivity index (χ0v) is 7.01. The van der Waals surface area contributed by atoms with Gasteiger partial charge in [-0.25, -0.2) is 4.21 Å². The zero-order valence-electron chi connectivity index (χ0n) is 6.20. The average molecular weight is 165 g/mol. The van der Waals surface area contributed by atoms with Gasteiger partial charge in [-0.3, -0.25) is 4.79 Å². The first-order valence-electron chi connectivity index (χ1n) is 2.77. The number of hydrogen-bond acceptors (Lipinski definition) is 2. The van der Waals surface area contributed by atoms with Crippen molar-refractivity contribution in [2.45, 2.75) is 12.2 Å². The molecule has 1 N–H and O–H groups in total. The molecule has 5 heteroatoms. The van der Waals surface area contributed by atoms with Crippen molar-refractivity contribution in [2.75, 3.05) is 14.1 Å². The molecule has 0 aliphatic carbocycles. The third-order valence-corrected chi connectivity index (χ3v) is 1.90. The highest BCUT2D eigenvalue weighted by Gasteiger charge is 2.19. The van der Waals surface area contributed by atoms with E-state index in [1.54, 1.807) is 14.1 Å². The molecular weight excluding hydrogens is 154 g/mol. The minimum atomic E-state index is -2.05. The van der Waals surface area contributed by atoms with E-state index < -0.39 is 16.3 Å². The van der Waals surface area contributed by atoms with E-state index in [9.17, 15) is 9.00 Å². The molecule has 0 aromatic heterocycles. The highest BCUT2D eigenvalue weighted by molar-refractivity contribution is 7.80. The summed E-state index contributed by atoms with van der Waals surface area (Å²) in [5, 5.41) is -0.824. The molecule has 2 atom stereocenters. The van der Waals surface area contributed by atoms with Crippen LogP contribution < -0.4 is 0 Å². The van der Waals surface area contributed by atoms with Crippen molar-refractivity contribution in [3.63, 3.8) is 0 Å². The van der Waals surface area contributed by atoms with Crippen molar-refractivity contribution >= 4 is 17.0 Å². The highest BCUT2D eigenvalue weighted by atomic mass is 32.2. The number of rotatable bonds is 2. The van der Waals surface area contributed by atoms with E-state index in [1.165, 1.54) is 11.8 Å². The molecule has 0 saturated carbocycles. The Morgan fingerprint density at radius 1 is 1.60 bits per heavy atom. The van der Waals surface area contributed by atoms with Gasteiger partial charge in [0.25, 0.3) is 0 Å². The summed E-state index contributed by atoms with van der Waals surface area (Å²) in [5.41, 5.74) is 0. The van der Waals surface area contributed by atoms with Crippen LogP contribution in [0, 0.1) is 0 Å². The zero-order chi connectivity index (χ0) is 8.31. The third-order valence-electron chi connectivity index (χ3n) is 1.09. The number of amides is 1. The molecule has 0 bridgehead atoms. The number of carbonyl (C=O) groups excluding carboxylic acids is 1. The van der Waals surface area contributed by atoms with Gasteiger partial charge >= 0.3 is 0 Å². The van der Waals surface area contributed by atoms with Crippen LogP contribution in [0.5, 0.6) is 0 Å². The molecular formula is C5H11NO3S. The molecule has 0 heterocycles. The summed E-state index contributed by atoms with van der Waals surface area (Å²) < 4.78 is 18.8. The lowest BCUT2D eigenvalue weighted by atomic mass is 10.4. The summed E-state index contributed by atoms with van der Waals surface area (Å²) in [5.74, 6) is -0.333. The van der Waals surface area contributed by atoms with Crippen LogP contribution in [0.25, 0.3) is 0 Å². The van der Waals surface area contributed by atoms with Crippen molar-refractivity contribution in [2.24, 2.45) is 0 Å². The Hall–Kier alpha value is -0.420. The first-order chi connectivity index (χ1) is 4.46. The predicted octanol–water partition coefficient (Wildman–Crippen LogP) is -0.315. The Morgan fingerprint density at radius 3 is 2.10 bits per heavy atom. The molecule has 0 radical (unpaired) electrons. The number of carbonyl (C=O) groups is 1. The molecule has 0 fully saturated rings. The number of hydrogen-bond donors (Lipinski definition) is 1. The van der Waals surface area contributed by atoms with Crippen molar-refractivity contribution in [3.8, 4) is 0 Å². The maximum absolute atomic E-state index is 10.9. The fraction of sp³-hybridized carbons (Fsp3) is 0.800. The summed E-state index contributed by atoms with van der Waals surface area (Å²) >= 11 is -2.05. The summed E-state index contributed by atoms with van der Waals surface area (Å²) in [6.07, 6.45) is 0. The SMILES string of the molecule is CC(C(=O)N(C)C)S(=O)O. The quantitative estimate of drug-likeness (QED) is 0.571. The van der Waals surface area contributed by atoms with Gasteiger partial charge in [-0.05, 0) is 6.92 Å². The van der Waals surface area contributed by atoms with Crippen molar-refractivity contribution in [1.82, 2.24) is 4.90 Å². The molecule has 10 heavy (non-hydrogen) atoms. The normalized spacial score (nSPS) is 16.0. The van der Waals surface area contributed by atoms with E-state index in [0.717, 1.165) is 0 Å². The van der Waals surface area contributed by atoms with Gasteiger partial charge in [0.2, 0.25) is 5.91 Å². The van der Waals surface area contributed by atoms with Gasteiger partial charge in [-0.2, -0.15) is 0 Å². The van der Waals surface area contributed by atoms with Gasteiger partial charge in [0.1, 0.15) is 5.25 Å². The Morgan fingerprint density at radius 2 is 2.00 bits per heavy atom. The molecule has 2 unspecified atom stereocenters. The second-order valence-electron chi connectivity index (χ2n) is 2.15. The lowest BCUT2D eigenvalue weighted by Crippen LogP contribution is -2.34. The van der Waals surface area contributed by atoms with Crippen LogP contribution in [0.1, 0.15) is 6.92 Å². The molecule has 0 saturated heterocycles. The van der Waals surface area contributed by atoms with E-state index in [4.69, 9.17) is 4.55 Å². The van der Waals surface area contributed by atoms with Crippen molar-refractivity contribution in [3.05, 3.63) is 0 Å². The van der Waals surface area contributed by atoms with Gasteiger partial charge < -0.3 is 9.45 Å². The van der Waals surface area contributed by atoms with Gasteiger partial charge in [0.15, 0.2) is 11.1 Å². The highest BCUT2D eigenvalue weighted by Crippen LogP contribution is 1.95. The Balaban J connectivity index is 4.08. The van der Waals surface area contributed by atoms with Crippen LogP contribution in [0.2, 0.25) is 0 Å². The maximum atomic E-state index is 10.9. The lowest BCUT2D eigenvalue weighted by Gasteiger charge is -2.12. The van der Waals surface area contributed by atoms with Crippen molar-refractivity contribution < 1.29 is 13.6 Å². The molecule has 0 spiro atoms. The van der Waals surface area contributed by atoms with Gasteiger partial charge in [-0.15, -0.1) is 0 Å². The standard InChI is InChI=1S/C5H11NO3S/c1-4(10(8)9)5(7)6(2)3/h4H,1-3H3,(H,8,9). The Bertz CT molecular complexity index is 157. The van der Waals surface area contributed by atoms with E-state index in [2.05, 4.69) is 0 Å². The van der Waals surface area contributed by atoms with Crippen LogP contribution in [-0.2, 0) is 15.9 Å². The Labute approximate surface area is 62.5 Å². The molecule has 0 aromatic rings. The predicted molar refractivity (Wildman–Crippen MR) is 38.9 cm³/mol. The van der Waals surface area contributed by atoms with E-state index in [1.807, 2.05) is 0 Å². The van der Waals surface area contributed by atoms with E-state index >= 15 is 0 Å². The summed E-state index contributed by atoms with van der Waals surface area (Å²) in [6.45, 7) is 1.42. The van der Waals surface area contributed by atoms with Gasteiger partial charge in [0, 0.05) is 14.1 Å². The fourth-order valence-electron chi connectivity index (χ4n) is 0.450. The molecule has 60 valence electrons. The summed E-state index contributed by atoms with van der Waals surface area (Å²) in [7, 11) is 3.09. The minimum absolute atomic E-state index is 0.333. The smallest absolute Gasteiger partial charge is 0.239 e. The first kappa shape index (κ1) is 9.58. The first-order valence-corrected chi connectivity index (χ1v) is 3.94. The second-order valence-corrected chi connectivity index (χ2v) is 3.41. The third kappa shape index (κ3) is 2.45. The largest absolute Gasteiger partial charge is 0.348 e. The van der Waals surface area contributed by atoms with Crippen LogP contribution >= 0.6 is 0 Å². The fourth-order valence-corrected chi connectivity index (χ4v) is 0.833. The van der Waals surface area contributed by atoms with Gasteiger partial charge in [0.05, 0.1) is 0 Å². The van der Waals surface area contributed by atoms with Crippen LogP contribution in [-0.4, -0.2) is 38.9 Å². The Kier molecular flexibility index (Phi) is 3.52. The van der Waals surface area contributed by atoms with Crippen LogP contribution in [0.4, 0.5) is 0 Å². The topological polar surface area (TPSA) is 57.6 Å². The van der Waals surface area contributed by atoms with E-state index in [0.29, 0.717) is 0 Å². The van der Waals surface area contributed by atoms with Crippen molar-refractivity contribution in [1.29, 1.82) is 0 Å². The lowest BCUT2D eigenvalue weighted by molar-refractivity contribution is -0.127. The summed E-state index contributed by atoms with van der Waals surface area (Å²) in [4.78, 5) is 12.1. The van der Waals surface area contributed by atoms with Crippen LogP contribution in [0.3, 0.4) is 0 Å². The molecule has 1 amide bonds. The molecule has 0 aliphatic rings. The molecule has 0 rings (SSSR count). The van der Waals surface area contributed by atoms with E-state index in [-0.39, 0.29) is 5.91 Å². The average Bonchev–Trinajstić information content (AvgIpc) is 1.84. The van der Waals surface area contributed by atoms with Gasteiger partial charge in [-0.1, -0.05) is 0 Å². The molecule has 0 aromatic carbocycles. The number of nitrogens with zero attached hydrogens (tertiary/aromatic N) is 1.